The normalized spacial score (nSPS) is 21.4. The largest absolute Gasteiger partial charge is 0.398 e. The van der Waals surface area contributed by atoms with E-state index < -0.39 is 0 Å². The van der Waals surface area contributed by atoms with Crippen LogP contribution in [0.5, 0.6) is 0 Å². The van der Waals surface area contributed by atoms with Crippen LogP contribution >= 0.6 is 27.5 Å². The molecule has 1 aliphatic rings. The quantitative estimate of drug-likeness (QED) is 0.773. The Morgan fingerprint density at radius 2 is 2.29 bits per heavy atom. The molecule has 1 fully saturated rings. The monoisotopic (exact) mass is 274 g/mol. The summed E-state index contributed by atoms with van der Waals surface area (Å²) in [4.78, 5) is 0. The van der Waals surface area contributed by atoms with Crippen LogP contribution in [0.25, 0.3) is 0 Å². The first-order valence-electron chi connectivity index (χ1n) is 4.66. The van der Waals surface area contributed by atoms with Gasteiger partial charge in [0.15, 0.2) is 0 Å². The molecule has 0 radical (unpaired) electrons. The summed E-state index contributed by atoms with van der Waals surface area (Å²) in [5, 5.41) is 4.09. The van der Waals surface area contributed by atoms with Crippen LogP contribution in [0.15, 0.2) is 16.6 Å². The van der Waals surface area contributed by atoms with Crippen molar-refractivity contribution in [3.05, 3.63) is 27.2 Å². The molecule has 0 aliphatic carbocycles. The standard InChI is InChI=1S/C10H12BrClN2/c11-7-4-6(9(13)5-8(7)12)10-2-1-3-14-10/h4-5,10,14H,1-3,13H2/t10-/m1/s1. The molecule has 2 nitrogen and oxygen atoms in total. The zero-order valence-corrected chi connectivity index (χ0v) is 10.0. The highest BCUT2D eigenvalue weighted by molar-refractivity contribution is 9.10. The summed E-state index contributed by atoms with van der Waals surface area (Å²) >= 11 is 9.36. The third-order valence-corrected chi connectivity index (χ3v) is 3.76. The molecule has 3 N–H and O–H groups in total. The average molecular weight is 276 g/mol. The van der Waals surface area contributed by atoms with E-state index in [1.54, 1.807) is 6.07 Å². The number of hydrogen-bond acceptors (Lipinski definition) is 2. The molecule has 1 aromatic rings. The molecular weight excluding hydrogens is 263 g/mol. The Hall–Kier alpha value is -0.250. The van der Waals surface area contributed by atoms with Crippen molar-refractivity contribution in [2.45, 2.75) is 18.9 Å². The second kappa shape index (κ2) is 4.09. The predicted octanol–water partition coefficient (Wildman–Crippen LogP) is 3.11. The topological polar surface area (TPSA) is 38.0 Å². The minimum absolute atomic E-state index is 0.392. The third-order valence-electron chi connectivity index (χ3n) is 2.56. The van der Waals surface area contributed by atoms with Gasteiger partial charge < -0.3 is 11.1 Å². The zero-order chi connectivity index (χ0) is 10.1. The smallest absolute Gasteiger partial charge is 0.0568 e. The van der Waals surface area contributed by atoms with Crippen LogP contribution in [0.3, 0.4) is 0 Å². The average Bonchev–Trinajstić information content (AvgIpc) is 2.64. The van der Waals surface area contributed by atoms with Gasteiger partial charge >= 0.3 is 0 Å². The molecule has 0 aromatic heterocycles. The molecule has 0 bridgehead atoms. The number of nitrogens with two attached hydrogens (primary N) is 1. The van der Waals surface area contributed by atoms with E-state index >= 15 is 0 Å². The Kier molecular flexibility index (Phi) is 3.00. The van der Waals surface area contributed by atoms with E-state index in [0.717, 1.165) is 28.7 Å². The first-order valence-corrected chi connectivity index (χ1v) is 5.83. The van der Waals surface area contributed by atoms with Gasteiger partial charge in [-0.2, -0.15) is 0 Å². The number of nitrogens with one attached hydrogen (secondary N) is 1. The van der Waals surface area contributed by atoms with Crippen molar-refractivity contribution in [1.29, 1.82) is 0 Å². The summed E-state index contributed by atoms with van der Waals surface area (Å²) in [6, 6.07) is 4.21. The SMILES string of the molecule is Nc1cc(Cl)c(Br)cc1[C@H]1CCCN1. The summed E-state index contributed by atoms with van der Waals surface area (Å²) in [5.41, 5.74) is 7.85. The highest BCUT2D eigenvalue weighted by Gasteiger charge is 2.19. The van der Waals surface area contributed by atoms with Gasteiger partial charge in [0.05, 0.1) is 5.02 Å². The van der Waals surface area contributed by atoms with Crippen LogP contribution in [0, 0.1) is 0 Å². The molecule has 0 spiro atoms. The summed E-state index contributed by atoms with van der Waals surface area (Å²) in [7, 11) is 0. The predicted molar refractivity (Wildman–Crippen MR) is 63.5 cm³/mol. The Balaban J connectivity index is 2.37. The van der Waals surface area contributed by atoms with Gasteiger partial charge in [-0.3, -0.25) is 0 Å². The summed E-state index contributed by atoms with van der Waals surface area (Å²) in [6.45, 7) is 1.07. The lowest BCUT2D eigenvalue weighted by atomic mass is 10.0. The molecule has 4 heteroatoms. The van der Waals surface area contributed by atoms with Crippen molar-refractivity contribution in [2.24, 2.45) is 0 Å². The van der Waals surface area contributed by atoms with E-state index in [0.29, 0.717) is 11.1 Å². The van der Waals surface area contributed by atoms with Crippen molar-refractivity contribution in [3.8, 4) is 0 Å². The van der Waals surface area contributed by atoms with Crippen LogP contribution in [-0.4, -0.2) is 6.54 Å². The van der Waals surface area contributed by atoms with Crippen molar-refractivity contribution in [2.75, 3.05) is 12.3 Å². The van der Waals surface area contributed by atoms with Gasteiger partial charge in [-0.1, -0.05) is 11.6 Å². The third kappa shape index (κ3) is 1.90. The molecule has 14 heavy (non-hydrogen) atoms. The van der Waals surface area contributed by atoms with Crippen molar-refractivity contribution >= 4 is 33.2 Å². The van der Waals surface area contributed by atoms with Gasteiger partial charge in [0.1, 0.15) is 0 Å². The number of nitrogen functional groups attached to an aromatic ring is 1. The van der Waals surface area contributed by atoms with Gasteiger partial charge in [0.25, 0.3) is 0 Å². The minimum atomic E-state index is 0.392. The lowest BCUT2D eigenvalue weighted by Gasteiger charge is -2.14. The zero-order valence-electron chi connectivity index (χ0n) is 7.69. The van der Waals surface area contributed by atoms with E-state index in [1.807, 2.05) is 6.07 Å². The fraction of sp³-hybridized carbons (Fsp3) is 0.400. The molecule has 1 atom stereocenters. The Bertz CT molecular complexity index is 348. The van der Waals surface area contributed by atoms with Gasteiger partial charge in [0.2, 0.25) is 0 Å². The van der Waals surface area contributed by atoms with Crippen LogP contribution < -0.4 is 11.1 Å². The molecule has 1 heterocycles. The first kappa shape index (κ1) is 10.3. The lowest BCUT2D eigenvalue weighted by Crippen LogP contribution is -2.14. The molecule has 1 aliphatic heterocycles. The van der Waals surface area contributed by atoms with E-state index in [2.05, 4.69) is 21.2 Å². The molecule has 1 aromatic carbocycles. The number of anilines is 1. The van der Waals surface area contributed by atoms with Crippen molar-refractivity contribution in [1.82, 2.24) is 5.32 Å². The molecular formula is C10H12BrClN2. The van der Waals surface area contributed by atoms with Crippen LogP contribution in [-0.2, 0) is 0 Å². The molecule has 0 amide bonds. The molecule has 0 unspecified atom stereocenters. The maximum absolute atomic E-state index is 5.95. The number of rotatable bonds is 1. The Labute approximate surface area is 96.9 Å². The van der Waals surface area contributed by atoms with E-state index in [4.69, 9.17) is 17.3 Å². The second-order valence-electron chi connectivity index (χ2n) is 3.54. The van der Waals surface area contributed by atoms with E-state index in [9.17, 15) is 0 Å². The maximum atomic E-state index is 5.95. The van der Waals surface area contributed by atoms with E-state index in [1.165, 1.54) is 6.42 Å². The maximum Gasteiger partial charge on any atom is 0.0568 e. The Morgan fingerprint density at radius 3 is 2.93 bits per heavy atom. The highest BCUT2D eigenvalue weighted by Crippen LogP contribution is 2.34. The number of hydrogen-bond donors (Lipinski definition) is 2. The Morgan fingerprint density at radius 1 is 1.50 bits per heavy atom. The van der Waals surface area contributed by atoms with Gasteiger partial charge in [-0.25, -0.2) is 0 Å². The van der Waals surface area contributed by atoms with Crippen molar-refractivity contribution < 1.29 is 0 Å². The van der Waals surface area contributed by atoms with Gasteiger partial charge in [-0.05, 0) is 53.0 Å². The number of halogens is 2. The first-order chi connectivity index (χ1) is 6.68. The second-order valence-corrected chi connectivity index (χ2v) is 4.81. The molecule has 0 saturated carbocycles. The van der Waals surface area contributed by atoms with Gasteiger partial charge in [-0.15, -0.1) is 0 Å². The van der Waals surface area contributed by atoms with Crippen LogP contribution in [0.2, 0.25) is 5.02 Å². The van der Waals surface area contributed by atoms with Crippen molar-refractivity contribution in [3.63, 3.8) is 0 Å². The summed E-state index contributed by atoms with van der Waals surface area (Å²) in [6.07, 6.45) is 2.36. The summed E-state index contributed by atoms with van der Waals surface area (Å²) in [5.74, 6) is 0. The lowest BCUT2D eigenvalue weighted by molar-refractivity contribution is 0.649. The van der Waals surface area contributed by atoms with Gasteiger partial charge in [0, 0.05) is 16.2 Å². The van der Waals surface area contributed by atoms with E-state index in [-0.39, 0.29) is 0 Å². The minimum Gasteiger partial charge on any atom is -0.398 e. The van der Waals surface area contributed by atoms with Crippen LogP contribution in [0.1, 0.15) is 24.4 Å². The number of benzene rings is 1. The molecule has 76 valence electrons. The summed E-state index contributed by atoms with van der Waals surface area (Å²) < 4.78 is 0.914. The fourth-order valence-corrected chi connectivity index (χ4v) is 2.36. The molecule has 2 rings (SSSR count). The highest BCUT2D eigenvalue weighted by atomic mass is 79.9. The fourth-order valence-electron chi connectivity index (χ4n) is 1.83. The van der Waals surface area contributed by atoms with Crippen LogP contribution in [0.4, 0.5) is 5.69 Å². The molecule has 1 saturated heterocycles.